The topological polar surface area (TPSA) is 66.6 Å². The van der Waals surface area contributed by atoms with E-state index in [1.807, 2.05) is 0 Å². The summed E-state index contributed by atoms with van der Waals surface area (Å²) in [6.07, 6.45) is 1.56. The fourth-order valence-corrected chi connectivity index (χ4v) is 3.40. The Morgan fingerprint density at radius 2 is 2.44 bits per heavy atom. The van der Waals surface area contributed by atoms with Crippen molar-refractivity contribution in [2.45, 2.75) is 32.8 Å². The van der Waals surface area contributed by atoms with Crippen LogP contribution in [0.5, 0.6) is 0 Å². The monoisotopic (exact) mass is 270 g/mol. The lowest BCUT2D eigenvalue weighted by Crippen LogP contribution is -2.19. The number of hydrogen-bond donors (Lipinski definition) is 1. The van der Waals surface area contributed by atoms with Crippen molar-refractivity contribution in [3.63, 3.8) is 0 Å². The minimum atomic E-state index is -0.646. The van der Waals surface area contributed by atoms with Gasteiger partial charge in [-0.25, -0.2) is 0 Å². The summed E-state index contributed by atoms with van der Waals surface area (Å²) in [4.78, 5) is 13.5. The van der Waals surface area contributed by atoms with E-state index in [2.05, 4.69) is 11.8 Å². The maximum Gasteiger partial charge on any atom is 0.304 e. The van der Waals surface area contributed by atoms with Crippen LogP contribution >= 0.6 is 11.3 Å². The van der Waals surface area contributed by atoms with Gasteiger partial charge in [0.1, 0.15) is 0 Å². The Morgan fingerprint density at radius 1 is 1.72 bits per heavy atom. The van der Waals surface area contributed by atoms with Crippen molar-refractivity contribution in [1.82, 2.24) is 0 Å². The van der Waals surface area contributed by atoms with Crippen LogP contribution in [-0.2, 0) is 0 Å². The molecule has 0 bridgehead atoms. The van der Waals surface area contributed by atoms with Gasteiger partial charge in [-0.05, 0) is 19.3 Å². The first-order valence-electron chi connectivity index (χ1n) is 6.24. The maximum absolute atomic E-state index is 11.1. The molecule has 2 atom stereocenters. The Morgan fingerprint density at radius 3 is 2.94 bits per heavy atom. The third kappa shape index (κ3) is 2.49. The van der Waals surface area contributed by atoms with Gasteiger partial charge in [-0.3, -0.25) is 10.1 Å². The van der Waals surface area contributed by atoms with Crippen LogP contribution in [-0.4, -0.2) is 23.1 Å². The predicted molar refractivity (Wildman–Crippen MR) is 72.2 cm³/mol. The van der Waals surface area contributed by atoms with Gasteiger partial charge in [0, 0.05) is 24.0 Å². The molecule has 1 aromatic rings. The molecule has 0 radical (unpaired) electrons. The quantitative estimate of drug-likeness (QED) is 0.674. The van der Waals surface area contributed by atoms with E-state index in [1.54, 1.807) is 6.92 Å². The molecule has 1 saturated heterocycles. The summed E-state index contributed by atoms with van der Waals surface area (Å²) in [5, 5.41) is 21.3. The number of thiophene rings is 1. The third-order valence-corrected chi connectivity index (χ3v) is 4.83. The zero-order chi connectivity index (χ0) is 13.3. The largest absolute Gasteiger partial charge is 0.388 e. The van der Waals surface area contributed by atoms with Gasteiger partial charge in [0.2, 0.25) is 0 Å². The molecule has 100 valence electrons. The molecule has 1 aromatic heterocycles. The van der Waals surface area contributed by atoms with Gasteiger partial charge in [0.15, 0.2) is 5.00 Å². The molecule has 0 spiro atoms. The molecular formula is C12H18N2O3S. The van der Waals surface area contributed by atoms with Gasteiger partial charge in [0.05, 0.1) is 11.0 Å². The Hall–Kier alpha value is -1.14. The highest BCUT2D eigenvalue weighted by atomic mass is 32.1. The number of nitrogens with zero attached hydrogens (tertiary/aromatic N) is 2. The summed E-state index contributed by atoms with van der Waals surface area (Å²) in [7, 11) is 0. The van der Waals surface area contributed by atoms with E-state index in [0.717, 1.165) is 25.9 Å². The fourth-order valence-electron chi connectivity index (χ4n) is 2.30. The van der Waals surface area contributed by atoms with Gasteiger partial charge in [-0.1, -0.05) is 13.3 Å². The van der Waals surface area contributed by atoms with Crippen molar-refractivity contribution < 1.29 is 10.0 Å². The standard InChI is InChI=1S/C12H18N2O3S/c1-3-9-4-5-13(7-9)12-10(14(16)17)6-11(18-12)8(2)15/h6,8-9,15H,3-5,7H2,1-2H3/t8-,9?/m0/s1. The molecular weight excluding hydrogens is 252 g/mol. The van der Waals surface area contributed by atoms with Crippen LogP contribution in [0.15, 0.2) is 6.07 Å². The second kappa shape index (κ2) is 5.24. The summed E-state index contributed by atoms with van der Waals surface area (Å²) in [5.41, 5.74) is 0.132. The second-order valence-corrected chi connectivity index (χ2v) is 5.84. The molecule has 5 nitrogen and oxygen atoms in total. The molecule has 18 heavy (non-hydrogen) atoms. The number of rotatable bonds is 4. The molecule has 1 unspecified atom stereocenters. The Labute approximate surface area is 110 Å². The first kappa shape index (κ1) is 13.3. The Bertz CT molecular complexity index is 445. The molecule has 0 saturated carbocycles. The van der Waals surface area contributed by atoms with Crippen molar-refractivity contribution in [2.75, 3.05) is 18.0 Å². The van der Waals surface area contributed by atoms with Crippen LogP contribution in [0.25, 0.3) is 0 Å². The van der Waals surface area contributed by atoms with Crippen LogP contribution in [0.3, 0.4) is 0 Å². The van der Waals surface area contributed by atoms with Crippen molar-refractivity contribution >= 4 is 22.0 Å². The van der Waals surface area contributed by atoms with E-state index in [4.69, 9.17) is 0 Å². The smallest absolute Gasteiger partial charge is 0.304 e. The van der Waals surface area contributed by atoms with E-state index in [0.29, 0.717) is 15.8 Å². The average molecular weight is 270 g/mol. The van der Waals surface area contributed by atoms with Crippen molar-refractivity contribution in [3.8, 4) is 0 Å². The van der Waals surface area contributed by atoms with E-state index in [-0.39, 0.29) is 10.6 Å². The molecule has 2 heterocycles. The minimum absolute atomic E-state index is 0.132. The van der Waals surface area contributed by atoms with Crippen LogP contribution < -0.4 is 4.90 Å². The highest BCUT2D eigenvalue weighted by Crippen LogP contribution is 2.42. The molecule has 1 aliphatic rings. The summed E-state index contributed by atoms with van der Waals surface area (Å²) >= 11 is 1.34. The van der Waals surface area contributed by atoms with Gasteiger partial charge in [-0.15, -0.1) is 11.3 Å². The van der Waals surface area contributed by atoms with Gasteiger partial charge in [0.25, 0.3) is 0 Å². The number of anilines is 1. The Kier molecular flexibility index (Phi) is 3.87. The zero-order valence-electron chi connectivity index (χ0n) is 10.6. The lowest BCUT2D eigenvalue weighted by Gasteiger charge is -2.15. The highest BCUT2D eigenvalue weighted by molar-refractivity contribution is 7.16. The Balaban J connectivity index is 2.28. The van der Waals surface area contributed by atoms with E-state index >= 15 is 0 Å². The normalized spacial score (nSPS) is 21.3. The highest BCUT2D eigenvalue weighted by Gasteiger charge is 2.30. The molecule has 1 N–H and O–H groups in total. The summed E-state index contributed by atoms with van der Waals surface area (Å²) in [6.45, 7) is 5.55. The number of aliphatic hydroxyl groups is 1. The molecule has 2 rings (SSSR count). The summed E-state index contributed by atoms with van der Waals surface area (Å²) in [5.74, 6) is 0.627. The third-order valence-electron chi connectivity index (χ3n) is 3.47. The maximum atomic E-state index is 11.1. The molecule has 0 amide bonds. The molecule has 1 aliphatic heterocycles. The lowest BCUT2D eigenvalue weighted by atomic mass is 10.1. The summed E-state index contributed by atoms with van der Waals surface area (Å²) < 4.78 is 0. The number of nitro groups is 1. The fraction of sp³-hybridized carbons (Fsp3) is 0.667. The second-order valence-electron chi connectivity index (χ2n) is 4.78. The number of hydrogen-bond acceptors (Lipinski definition) is 5. The van der Waals surface area contributed by atoms with E-state index < -0.39 is 6.10 Å². The van der Waals surface area contributed by atoms with Gasteiger partial charge in [-0.2, -0.15) is 0 Å². The van der Waals surface area contributed by atoms with Crippen molar-refractivity contribution in [1.29, 1.82) is 0 Å². The average Bonchev–Trinajstić information content (AvgIpc) is 2.95. The van der Waals surface area contributed by atoms with Crippen LogP contribution in [0.4, 0.5) is 10.7 Å². The molecule has 6 heteroatoms. The van der Waals surface area contributed by atoms with Crippen LogP contribution in [0.1, 0.15) is 37.7 Å². The first-order chi connectivity index (χ1) is 8.52. The molecule has 1 fully saturated rings. The SMILES string of the molecule is CCC1CCN(c2sc([C@H](C)O)cc2[N+](=O)[O-])C1. The van der Waals surface area contributed by atoms with Gasteiger partial charge >= 0.3 is 5.69 Å². The lowest BCUT2D eigenvalue weighted by molar-refractivity contribution is -0.383. The van der Waals surface area contributed by atoms with E-state index in [1.165, 1.54) is 17.4 Å². The van der Waals surface area contributed by atoms with Crippen LogP contribution in [0, 0.1) is 16.0 Å². The van der Waals surface area contributed by atoms with E-state index in [9.17, 15) is 15.2 Å². The molecule has 0 aromatic carbocycles. The van der Waals surface area contributed by atoms with Crippen LogP contribution in [0.2, 0.25) is 0 Å². The minimum Gasteiger partial charge on any atom is -0.388 e. The van der Waals surface area contributed by atoms with Gasteiger partial charge < -0.3 is 10.0 Å². The summed E-state index contributed by atoms with van der Waals surface area (Å²) in [6, 6.07) is 1.50. The zero-order valence-corrected chi connectivity index (χ0v) is 11.4. The van der Waals surface area contributed by atoms with Crippen molar-refractivity contribution in [2.24, 2.45) is 5.92 Å². The predicted octanol–water partition coefficient (Wildman–Crippen LogP) is 2.95. The van der Waals surface area contributed by atoms with Crippen molar-refractivity contribution in [3.05, 3.63) is 21.1 Å². The number of aliphatic hydroxyl groups excluding tert-OH is 1. The molecule has 0 aliphatic carbocycles. The first-order valence-corrected chi connectivity index (χ1v) is 7.05.